The van der Waals surface area contributed by atoms with Gasteiger partial charge in [-0.2, -0.15) is 0 Å². The molecule has 2 rings (SSSR count). The van der Waals surface area contributed by atoms with Gasteiger partial charge in [0.25, 0.3) is 0 Å². The summed E-state index contributed by atoms with van der Waals surface area (Å²) in [4.78, 5) is 0. The number of methoxy groups -OCH3 is 1. The quantitative estimate of drug-likeness (QED) is 0.915. The van der Waals surface area contributed by atoms with Crippen LogP contribution >= 0.6 is 15.9 Å². The largest absolute Gasteiger partial charge is 0.497 e. The summed E-state index contributed by atoms with van der Waals surface area (Å²) >= 11 is 3.44. The standard InChI is InChI=1S/C13H17BrN4O/c1-15-11(12-13(14)16-17-18(12)2)8-9-4-6-10(19-3)7-5-9/h4-7,11,15H,8H2,1-3H3. The summed E-state index contributed by atoms with van der Waals surface area (Å²) in [5.41, 5.74) is 2.27. The molecule has 1 heterocycles. The van der Waals surface area contributed by atoms with Gasteiger partial charge >= 0.3 is 0 Å². The summed E-state index contributed by atoms with van der Waals surface area (Å²) in [6, 6.07) is 8.24. The van der Waals surface area contributed by atoms with Crippen LogP contribution < -0.4 is 10.1 Å². The number of aromatic nitrogens is 3. The highest BCUT2D eigenvalue weighted by atomic mass is 79.9. The van der Waals surface area contributed by atoms with Crippen molar-refractivity contribution in [1.29, 1.82) is 0 Å². The maximum atomic E-state index is 5.16. The molecule has 0 amide bonds. The minimum atomic E-state index is 0.155. The van der Waals surface area contributed by atoms with Gasteiger partial charge in [0.2, 0.25) is 0 Å². The summed E-state index contributed by atoms with van der Waals surface area (Å²) < 4.78 is 7.73. The molecule has 6 heteroatoms. The van der Waals surface area contributed by atoms with Gasteiger partial charge in [-0.3, -0.25) is 0 Å². The van der Waals surface area contributed by atoms with Crippen molar-refractivity contribution in [2.24, 2.45) is 7.05 Å². The first kappa shape index (κ1) is 14.0. The predicted octanol–water partition coefficient (Wildman–Crippen LogP) is 2.09. The molecule has 1 aromatic carbocycles. The lowest BCUT2D eigenvalue weighted by Gasteiger charge is -2.16. The van der Waals surface area contributed by atoms with E-state index < -0.39 is 0 Å². The van der Waals surface area contributed by atoms with E-state index in [0.29, 0.717) is 0 Å². The lowest BCUT2D eigenvalue weighted by atomic mass is 10.0. The number of halogens is 1. The van der Waals surface area contributed by atoms with Crippen molar-refractivity contribution in [1.82, 2.24) is 20.3 Å². The Labute approximate surface area is 121 Å². The van der Waals surface area contributed by atoms with Crippen molar-refractivity contribution in [3.8, 4) is 5.75 Å². The molecule has 0 fully saturated rings. The van der Waals surface area contributed by atoms with Crippen LogP contribution in [0.1, 0.15) is 17.3 Å². The monoisotopic (exact) mass is 324 g/mol. The van der Waals surface area contributed by atoms with Crippen LogP contribution in [0.2, 0.25) is 0 Å². The first-order valence-electron chi connectivity index (χ1n) is 6.01. The molecular formula is C13H17BrN4O. The lowest BCUT2D eigenvalue weighted by Crippen LogP contribution is -2.22. The molecule has 0 spiro atoms. The van der Waals surface area contributed by atoms with Gasteiger partial charge in [0, 0.05) is 7.05 Å². The normalized spacial score (nSPS) is 12.4. The van der Waals surface area contributed by atoms with Crippen molar-refractivity contribution in [2.75, 3.05) is 14.2 Å². The second-order valence-electron chi connectivity index (χ2n) is 4.28. The van der Waals surface area contributed by atoms with Gasteiger partial charge in [-0.1, -0.05) is 17.3 Å². The van der Waals surface area contributed by atoms with Crippen molar-refractivity contribution < 1.29 is 4.74 Å². The fourth-order valence-electron chi connectivity index (χ4n) is 2.04. The molecule has 0 aliphatic rings. The Hall–Kier alpha value is -1.40. The Morgan fingerprint density at radius 3 is 2.53 bits per heavy atom. The third kappa shape index (κ3) is 3.13. The van der Waals surface area contributed by atoms with Gasteiger partial charge in [0.05, 0.1) is 18.8 Å². The molecule has 0 bridgehead atoms. The third-order valence-corrected chi connectivity index (χ3v) is 3.67. The molecular weight excluding hydrogens is 308 g/mol. The second kappa shape index (κ2) is 6.16. The number of rotatable bonds is 5. The predicted molar refractivity (Wildman–Crippen MR) is 77.2 cm³/mol. The van der Waals surface area contributed by atoms with E-state index in [2.05, 4.69) is 43.7 Å². The third-order valence-electron chi connectivity index (χ3n) is 3.10. The highest BCUT2D eigenvalue weighted by Crippen LogP contribution is 2.24. The van der Waals surface area contributed by atoms with E-state index in [0.717, 1.165) is 22.5 Å². The van der Waals surface area contributed by atoms with Gasteiger partial charge in [0.1, 0.15) is 5.75 Å². The molecule has 0 aliphatic heterocycles. The Morgan fingerprint density at radius 2 is 2.05 bits per heavy atom. The Balaban J connectivity index is 2.19. The zero-order valence-corrected chi connectivity index (χ0v) is 12.8. The van der Waals surface area contributed by atoms with E-state index in [1.165, 1.54) is 5.56 Å². The maximum Gasteiger partial charge on any atom is 0.153 e. The second-order valence-corrected chi connectivity index (χ2v) is 5.03. The minimum absolute atomic E-state index is 0.155. The van der Waals surface area contributed by atoms with Crippen molar-refractivity contribution >= 4 is 15.9 Å². The van der Waals surface area contributed by atoms with Crippen LogP contribution in [0.15, 0.2) is 28.9 Å². The summed E-state index contributed by atoms with van der Waals surface area (Å²) in [5, 5.41) is 11.3. The van der Waals surface area contributed by atoms with Gasteiger partial charge in [-0.05, 0) is 47.1 Å². The molecule has 1 unspecified atom stereocenters. The molecule has 19 heavy (non-hydrogen) atoms. The maximum absolute atomic E-state index is 5.16. The summed E-state index contributed by atoms with van der Waals surface area (Å²) in [6.45, 7) is 0. The molecule has 5 nitrogen and oxygen atoms in total. The van der Waals surface area contributed by atoms with Gasteiger partial charge in [-0.25, -0.2) is 4.68 Å². The average molecular weight is 325 g/mol. The molecule has 0 saturated carbocycles. The fraction of sp³-hybridized carbons (Fsp3) is 0.385. The topological polar surface area (TPSA) is 52.0 Å². The number of benzene rings is 1. The number of aryl methyl sites for hydroxylation is 1. The lowest BCUT2D eigenvalue weighted by molar-refractivity contribution is 0.414. The average Bonchev–Trinajstić information content (AvgIpc) is 2.76. The van der Waals surface area contributed by atoms with Crippen LogP contribution in [0.25, 0.3) is 0 Å². The summed E-state index contributed by atoms with van der Waals surface area (Å²) in [5.74, 6) is 0.869. The molecule has 2 aromatic rings. The van der Waals surface area contributed by atoms with Crippen molar-refractivity contribution in [3.05, 3.63) is 40.1 Å². The van der Waals surface area contributed by atoms with E-state index in [9.17, 15) is 0 Å². The van der Waals surface area contributed by atoms with Crippen LogP contribution in [0.3, 0.4) is 0 Å². The number of nitrogens with zero attached hydrogens (tertiary/aromatic N) is 3. The van der Waals surface area contributed by atoms with E-state index >= 15 is 0 Å². The molecule has 0 aliphatic carbocycles. The fourth-order valence-corrected chi connectivity index (χ4v) is 2.65. The minimum Gasteiger partial charge on any atom is -0.497 e. The zero-order chi connectivity index (χ0) is 13.8. The number of ether oxygens (including phenoxy) is 1. The molecule has 1 atom stereocenters. The summed E-state index contributed by atoms with van der Waals surface area (Å²) in [7, 11) is 5.50. The highest BCUT2D eigenvalue weighted by Gasteiger charge is 2.18. The smallest absolute Gasteiger partial charge is 0.153 e. The summed E-state index contributed by atoms with van der Waals surface area (Å²) in [6.07, 6.45) is 0.861. The van der Waals surface area contributed by atoms with Crippen LogP contribution in [0.4, 0.5) is 0 Å². The van der Waals surface area contributed by atoms with Gasteiger partial charge < -0.3 is 10.1 Å². The number of hydrogen-bond donors (Lipinski definition) is 1. The molecule has 0 saturated heterocycles. The zero-order valence-electron chi connectivity index (χ0n) is 11.2. The van der Waals surface area contributed by atoms with E-state index in [1.54, 1.807) is 11.8 Å². The Morgan fingerprint density at radius 1 is 1.37 bits per heavy atom. The SMILES string of the molecule is CNC(Cc1ccc(OC)cc1)c1c(Br)nnn1C. The first-order valence-corrected chi connectivity index (χ1v) is 6.80. The van der Waals surface area contributed by atoms with Crippen LogP contribution in [-0.2, 0) is 13.5 Å². The molecule has 1 N–H and O–H groups in total. The van der Waals surface area contributed by atoms with Gasteiger partial charge in [0.15, 0.2) is 4.60 Å². The molecule has 0 radical (unpaired) electrons. The first-order chi connectivity index (χ1) is 9.15. The number of hydrogen-bond acceptors (Lipinski definition) is 4. The van der Waals surface area contributed by atoms with Crippen molar-refractivity contribution in [3.63, 3.8) is 0 Å². The van der Waals surface area contributed by atoms with E-state index in [1.807, 2.05) is 26.2 Å². The van der Waals surface area contributed by atoms with Crippen LogP contribution in [0.5, 0.6) is 5.75 Å². The van der Waals surface area contributed by atoms with E-state index in [4.69, 9.17) is 4.74 Å². The highest BCUT2D eigenvalue weighted by molar-refractivity contribution is 9.10. The number of likely N-dealkylation sites (N-methyl/N-ethyl adjacent to an activating group) is 1. The molecule has 102 valence electrons. The van der Waals surface area contributed by atoms with Crippen LogP contribution in [0, 0.1) is 0 Å². The van der Waals surface area contributed by atoms with Crippen LogP contribution in [-0.4, -0.2) is 29.2 Å². The Bertz CT molecular complexity index is 519. The Kier molecular flexibility index (Phi) is 4.55. The molecule has 1 aromatic heterocycles. The number of nitrogens with one attached hydrogen (secondary N) is 1. The van der Waals surface area contributed by atoms with Crippen molar-refractivity contribution in [2.45, 2.75) is 12.5 Å². The van der Waals surface area contributed by atoms with Gasteiger partial charge in [-0.15, -0.1) is 5.10 Å². The van der Waals surface area contributed by atoms with E-state index in [-0.39, 0.29) is 6.04 Å².